The summed E-state index contributed by atoms with van der Waals surface area (Å²) in [7, 11) is 1.63. The Hall–Kier alpha value is -3.00. The van der Waals surface area contributed by atoms with Gasteiger partial charge in [-0.1, -0.05) is 56.3 Å². The molecule has 0 aliphatic rings. The van der Waals surface area contributed by atoms with Crippen LogP contribution in [-0.4, -0.2) is 46.3 Å². The Morgan fingerprint density at radius 3 is 2.50 bits per heavy atom. The highest BCUT2D eigenvalue weighted by Gasteiger charge is 2.18. The number of fused-ring (bicyclic) bond motifs is 1. The van der Waals surface area contributed by atoms with E-state index in [4.69, 9.17) is 9.72 Å². The molecule has 0 aliphatic carbocycles. The van der Waals surface area contributed by atoms with Gasteiger partial charge < -0.3 is 14.8 Å². The number of H-pyrrole nitrogens is 1. The van der Waals surface area contributed by atoms with Gasteiger partial charge in [0.1, 0.15) is 16.4 Å². The van der Waals surface area contributed by atoms with Crippen molar-refractivity contribution in [1.82, 2.24) is 14.9 Å². The maximum absolute atomic E-state index is 13.1. The standard InChI is InChI=1S/C27H31N3O3S/c1-18(2)14-30(15-21(31)13-19-7-5-4-6-8-19)16-24-28-26(32)25-23(17-34-27(25)29-24)20-9-11-22(33-3)12-10-20/h4-12,17-18,21,31H,13-16H2,1-3H3,(H,28,29,32). The minimum Gasteiger partial charge on any atom is -0.497 e. The van der Waals surface area contributed by atoms with Crippen molar-refractivity contribution in [1.29, 1.82) is 0 Å². The van der Waals surface area contributed by atoms with Crippen molar-refractivity contribution in [2.45, 2.75) is 32.9 Å². The van der Waals surface area contributed by atoms with E-state index in [-0.39, 0.29) is 5.56 Å². The molecule has 178 valence electrons. The largest absolute Gasteiger partial charge is 0.497 e. The van der Waals surface area contributed by atoms with Gasteiger partial charge in [0, 0.05) is 24.0 Å². The predicted molar refractivity (Wildman–Crippen MR) is 138 cm³/mol. The molecule has 4 rings (SSSR count). The van der Waals surface area contributed by atoms with Gasteiger partial charge in [0.15, 0.2) is 0 Å². The molecule has 34 heavy (non-hydrogen) atoms. The molecule has 0 amide bonds. The highest BCUT2D eigenvalue weighted by atomic mass is 32.1. The summed E-state index contributed by atoms with van der Waals surface area (Å²) in [6.07, 6.45) is 0.0918. The maximum Gasteiger partial charge on any atom is 0.260 e. The summed E-state index contributed by atoms with van der Waals surface area (Å²) in [6, 6.07) is 17.7. The molecule has 1 unspecified atom stereocenters. The lowest BCUT2D eigenvalue weighted by Gasteiger charge is -2.26. The van der Waals surface area contributed by atoms with Crippen molar-refractivity contribution in [2.75, 3.05) is 20.2 Å². The molecule has 0 radical (unpaired) electrons. The number of aromatic nitrogens is 2. The molecule has 2 aromatic heterocycles. The molecule has 7 heteroatoms. The number of nitrogens with zero attached hydrogens (tertiary/aromatic N) is 2. The monoisotopic (exact) mass is 477 g/mol. The fraction of sp³-hybridized carbons (Fsp3) is 0.333. The molecule has 0 fully saturated rings. The van der Waals surface area contributed by atoms with Crippen molar-refractivity contribution in [3.8, 4) is 16.9 Å². The number of hydrogen-bond donors (Lipinski definition) is 2. The number of methoxy groups -OCH3 is 1. The number of ether oxygens (including phenoxy) is 1. The van der Waals surface area contributed by atoms with E-state index in [9.17, 15) is 9.90 Å². The van der Waals surface area contributed by atoms with Crippen molar-refractivity contribution >= 4 is 21.6 Å². The number of rotatable bonds is 10. The summed E-state index contributed by atoms with van der Waals surface area (Å²) >= 11 is 1.47. The van der Waals surface area contributed by atoms with Gasteiger partial charge in [-0.25, -0.2) is 4.98 Å². The predicted octanol–water partition coefficient (Wildman–Crippen LogP) is 4.72. The van der Waals surface area contributed by atoms with E-state index < -0.39 is 6.10 Å². The molecule has 0 spiro atoms. The number of hydrogen-bond acceptors (Lipinski definition) is 6. The second-order valence-electron chi connectivity index (χ2n) is 9.00. The Bertz CT molecular complexity index is 1270. The van der Waals surface area contributed by atoms with Crippen LogP contribution >= 0.6 is 11.3 Å². The Morgan fingerprint density at radius 1 is 1.09 bits per heavy atom. The normalized spacial score (nSPS) is 12.5. The molecule has 1 atom stereocenters. The fourth-order valence-electron chi connectivity index (χ4n) is 4.23. The van der Waals surface area contributed by atoms with Crippen molar-refractivity contribution in [3.05, 3.63) is 81.7 Å². The van der Waals surface area contributed by atoms with Crippen LogP contribution in [0.3, 0.4) is 0 Å². The topological polar surface area (TPSA) is 78.5 Å². The summed E-state index contributed by atoms with van der Waals surface area (Å²) in [5, 5.41) is 13.3. The van der Waals surface area contributed by atoms with E-state index in [1.54, 1.807) is 7.11 Å². The van der Waals surface area contributed by atoms with Crippen LogP contribution in [0.1, 0.15) is 25.2 Å². The van der Waals surface area contributed by atoms with Gasteiger partial charge in [-0.3, -0.25) is 9.69 Å². The van der Waals surface area contributed by atoms with Gasteiger partial charge in [-0.15, -0.1) is 11.3 Å². The lowest BCUT2D eigenvalue weighted by atomic mass is 10.1. The maximum atomic E-state index is 13.1. The van der Waals surface area contributed by atoms with Crippen LogP contribution in [0.25, 0.3) is 21.3 Å². The quantitative estimate of drug-likeness (QED) is 0.346. The highest BCUT2D eigenvalue weighted by molar-refractivity contribution is 7.17. The SMILES string of the molecule is COc1ccc(-c2csc3nc(CN(CC(C)C)CC(O)Cc4ccccc4)[nH]c(=O)c23)cc1. The van der Waals surface area contributed by atoms with E-state index in [1.807, 2.05) is 60.0 Å². The van der Waals surface area contributed by atoms with E-state index in [2.05, 4.69) is 23.7 Å². The van der Waals surface area contributed by atoms with Gasteiger partial charge in [-0.05, 0) is 35.6 Å². The first-order valence-electron chi connectivity index (χ1n) is 11.5. The summed E-state index contributed by atoms with van der Waals surface area (Å²) in [4.78, 5) is 23.7. The van der Waals surface area contributed by atoms with Crippen LogP contribution in [0.4, 0.5) is 0 Å². The minimum absolute atomic E-state index is 0.138. The average molecular weight is 478 g/mol. The molecule has 0 aliphatic heterocycles. The molecule has 6 nitrogen and oxygen atoms in total. The highest BCUT2D eigenvalue weighted by Crippen LogP contribution is 2.31. The molecular weight excluding hydrogens is 446 g/mol. The zero-order valence-electron chi connectivity index (χ0n) is 19.8. The van der Waals surface area contributed by atoms with Gasteiger partial charge in [-0.2, -0.15) is 0 Å². The van der Waals surface area contributed by atoms with Crippen LogP contribution in [0.2, 0.25) is 0 Å². The number of nitrogens with one attached hydrogen (secondary N) is 1. The number of aliphatic hydroxyl groups is 1. The second-order valence-corrected chi connectivity index (χ2v) is 9.86. The first kappa shape index (κ1) is 24.1. The van der Waals surface area contributed by atoms with E-state index in [0.717, 1.165) is 33.8 Å². The molecule has 4 aromatic rings. The first-order chi connectivity index (χ1) is 16.4. The average Bonchev–Trinajstić information content (AvgIpc) is 3.24. The molecule has 0 saturated heterocycles. The van der Waals surface area contributed by atoms with Crippen LogP contribution in [0.15, 0.2) is 64.8 Å². The number of aromatic amines is 1. The first-order valence-corrected chi connectivity index (χ1v) is 12.4. The number of benzene rings is 2. The summed E-state index contributed by atoms with van der Waals surface area (Å²) in [5.41, 5.74) is 2.80. The summed E-state index contributed by atoms with van der Waals surface area (Å²) < 4.78 is 5.24. The third-order valence-electron chi connectivity index (χ3n) is 5.67. The Balaban J connectivity index is 1.54. The summed E-state index contributed by atoms with van der Waals surface area (Å²) in [6.45, 7) is 6.09. The van der Waals surface area contributed by atoms with E-state index in [0.29, 0.717) is 36.6 Å². The number of thiophene rings is 1. The zero-order chi connectivity index (χ0) is 24.1. The van der Waals surface area contributed by atoms with Gasteiger partial charge in [0.2, 0.25) is 0 Å². The van der Waals surface area contributed by atoms with Crippen LogP contribution in [-0.2, 0) is 13.0 Å². The molecule has 0 saturated carbocycles. The lowest BCUT2D eigenvalue weighted by Crippen LogP contribution is -2.36. The lowest BCUT2D eigenvalue weighted by molar-refractivity contribution is 0.100. The van der Waals surface area contributed by atoms with Crippen molar-refractivity contribution in [3.63, 3.8) is 0 Å². The fourth-order valence-corrected chi connectivity index (χ4v) is 5.20. The van der Waals surface area contributed by atoms with E-state index in [1.165, 1.54) is 11.3 Å². The zero-order valence-corrected chi connectivity index (χ0v) is 20.6. The number of aliphatic hydroxyl groups excluding tert-OH is 1. The Morgan fingerprint density at radius 2 is 1.82 bits per heavy atom. The Kier molecular flexibility index (Phi) is 7.77. The van der Waals surface area contributed by atoms with Gasteiger partial charge in [0.25, 0.3) is 5.56 Å². The van der Waals surface area contributed by atoms with Crippen molar-refractivity contribution in [2.24, 2.45) is 5.92 Å². The van der Waals surface area contributed by atoms with E-state index >= 15 is 0 Å². The Labute approximate surface area is 203 Å². The second kappa shape index (κ2) is 11.0. The third kappa shape index (κ3) is 5.91. The third-order valence-corrected chi connectivity index (χ3v) is 6.55. The van der Waals surface area contributed by atoms with Crippen LogP contribution in [0.5, 0.6) is 5.75 Å². The van der Waals surface area contributed by atoms with Crippen molar-refractivity contribution < 1.29 is 9.84 Å². The van der Waals surface area contributed by atoms with Gasteiger partial charge in [0.05, 0.1) is 25.1 Å². The summed E-state index contributed by atoms with van der Waals surface area (Å²) in [5.74, 6) is 1.81. The molecule has 2 heterocycles. The minimum atomic E-state index is -0.500. The molecule has 2 aromatic carbocycles. The molecule has 2 N–H and O–H groups in total. The van der Waals surface area contributed by atoms with Gasteiger partial charge >= 0.3 is 0 Å². The molecule has 0 bridgehead atoms. The molecular formula is C27H31N3O3S. The van der Waals surface area contributed by atoms with Crippen LogP contribution < -0.4 is 10.3 Å². The van der Waals surface area contributed by atoms with Crippen LogP contribution in [0, 0.1) is 5.92 Å². The smallest absolute Gasteiger partial charge is 0.260 e.